The lowest BCUT2D eigenvalue weighted by Crippen LogP contribution is -2.39. The second-order valence-electron chi connectivity index (χ2n) is 8.44. The van der Waals surface area contributed by atoms with E-state index in [1.165, 1.54) is 0 Å². The Morgan fingerprint density at radius 3 is 2.63 bits per heavy atom. The zero-order valence-electron chi connectivity index (χ0n) is 15.8. The number of likely N-dealkylation sites (tertiary alicyclic amines) is 1. The summed E-state index contributed by atoms with van der Waals surface area (Å²) in [6.45, 7) is 7.85. The molecule has 1 saturated carbocycles. The van der Waals surface area contributed by atoms with Crippen LogP contribution in [-0.4, -0.2) is 32.6 Å². The van der Waals surface area contributed by atoms with Crippen molar-refractivity contribution in [1.82, 2.24) is 14.9 Å². The third-order valence-corrected chi connectivity index (χ3v) is 6.18. The number of halogens is 2. The van der Waals surface area contributed by atoms with Crippen molar-refractivity contribution in [2.24, 2.45) is 11.8 Å². The topological polar surface area (TPSA) is 58.2 Å². The maximum absolute atomic E-state index is 12.9. The molecule has 1 aliphatic heterocycles. The van der Waals surface area contributed by atoms with Crippen LogP contribution in [0.1, 0.15) is 46.0 Å². The second-order valence-corrected chi connectivity index (χ2v) is 9.74. The number of benzene rings is 1. The molecule has 1 N–H and O–H groups in total. The number of nitrogens with zero attached hydrogens (tertiary/aromatic N) is 2. The monoisotopic (exact) mass is 451 g/mol. The number of imidazole rings is 1. The summed E-state index contributed by atoms with van der Waals surface area (Å²) in [5, 5.41) is 0.491. The van der Waals surface area contributed by atoms with Gasteiger partial charge < -0.3 is 9.72 Å². The first-order valence-electron chi connectivity index (χ1n) is 9.18. The highest BCUT2D eigenvalue weighted by Crippen LogP contribution is 2.57. The van der Waals surface area contributed by atoms with E-state index in [0.717, 1.165) is 22.3 Å². The largest absolute Gasteiger partial charge is 0.444 e. The van der Waals surface area contributed by atoms with Gasteiger partial charge in [-0.25, -0.2) is 9.78 Å². The Hall–Kier alpha value is -1.53. The molecule has 4 atom stereocenters. The lowest BCUT2D eigenvalue weighted by atomic mass is 10.1. The molecular weight excluding hydrogens is 430 g/mol. The zero-order valence-corrected chi connectivity index (χ0v) is 18.1. The quantitative estimate of drug-likeness (QED) is 0.625. The molecule has 4 rings (SSSR count). The van der Waals surface area contributed by atoms with E-state index in [1.54, 1.807) is 0 Å². The van der Waals surface area contributed by atoms with Crippen molar-refractivity contribution in [2.45, 2.75) is 51.8 Å². The van der Waals surface area contributed by atoms with Gasteiger partial charge in [-0.1, -0.05) is 46.6 Å². The van der Waals surface area contributed by atoms with Gasteiger partial charge >= 0.3 is 6.09 Å². The lowest BCUT2D eigenvalue weighted by Gasteiger charge is -2.30. The van der Waals surface area contributed by atoms with E-state index in [-0.39, 0.29) is 18.2 Å². The van der Waals surface area contributed by atoms with E-state index in [9.17, 15) is 4.79 Å². The molecule has 7 heteroatoms. The molecule has 2 aliphatic rings. The number of rotatable bonds is 2. The minimum Gasteiger partial charge on any atom is -0.444 e. The number of aromatic nitrogens is 2. The minimum atomic E-state index is -0.527. The molecular formula is C20H23BrClN3O2. The molecule has 2 aromatic rings. The van der Waals surface area contributed by atoms with Crippen molar-refractivity contribution in [3.05, 3.63) is 39.7 Å². The highest BCUT2D eigenvalue weighted by atomic mass is 79.9. The van der Waals surface area contributed by atoms with Crippen molar-refractivity contribution < 1.29 is 9.53 Å². The molecule has 1 aromatic carbocycles. The molecule has 0 spiro atoms. The molecule has 1 aromatic heterocycles. The van der Waals surface area contributed by atoms with Crippen LogP contribution in [0.25, 0.3) is 11.3 Å². The number of carbonyl (C=O) groups excluding carboxylic acids is 1. The van der Waals surface area contributed by atoms with E-state index >= 15 is 0 Å². The second kappa shape index (κ2) is 6.52. The predicted molar refractivity (Wildman–Crippen MR) is 109 cm³/mol. The number of ether oxygens (including phenoxy) is 1. The van der Waals surface area contributed by atoms with E-state index < -0.39 is 5.60 Å². The van der Waals surface area contributed by atoms with Crippen LogP contribution in [0.4, 0.5) is 4.79 Å². The van der Waals surface area contributed by atoms with Crippen LogP contribution in [0.2, 0.25) is 5.15 Å². The van der Waals surface area contributed by atoms with Crippen molar-refractivity contribution in [3.63, 3.8) is 0 Å². The summed E-state index contributed by atoms with van der Waals surface area (Å²) in [4.78, 5) is 22.7. The molecule has 1 aliphatic carbocycles. The molecule has 2 heterocycles. The van der Waals surface area contributed by atoms with Gasteiger partial charge in [0.15, 0.2) is 0 Å². The number of piperidine rings is 1. The fraction of sp³-hybridized carbons (Fsp3) is 0.500. The van der Waals surface area contributed by atoms with Gasteiger partial charge in [0.2, 0.25) is 0 Å². The number of carbonyl (C=O) groups is 1. The van der Waals surface area contributed by atoms with Gasteiger partial charge in [-0.3, -0.25) is 4.90 Å². The molecule has 0 radical (unpaired) electrons. The highest BCUT2D eigenvalue weighted by molar-refractivity contribution is 9.10. The third kappa shape index (κ3) is 3.49. The summed E-state index contributed by atoms with van der Waals surface area (Å²) in [7, 11) is 0. The Bertz CT molecular complexity index is 874. The van der Waals surface area contributed by atoms with Gasteiger partial charge in [-0.15, -0.1) is 0 Å². The maximum atomic E-state index is 12.9. The van der Waals surface area contributed by atoms with Crippen LogP contribution in [-0.2, 0) is 4.74 Å². The third-order valence-electron chi connectivity index (χ3n) is 5.38. The van der Waals surface area contributed by atoms with E-state index in [2.05, 4.69) is 27.8 Å². The summed E-state index contributed by atoms with van der Waals surface area (Å²) in [6, 6.07) is 7.95. The van der Waals surface area contributed by atoms with E-state index in [0.29, 0.717) is 22.7 Å². The average Bonchev–Trinajstić information content (AvgIpc) is 2.95. The van der Waals surface area contributed by atoms with Crippen LogP contribution in [0.15, 0.2) is 28.7 Å². The summed E-state index contributed by atoms with van der Waals surface area (Å²) >= 11 is 9.88. The summed E-state index contributed by atoms with van der Waals surface area (Å²) in [5.74, 6) is 1.73. The Morgan fingerprint density at radius 2 is 2.00 bits per heavy atom. The average molecular weight is 453 g/mol. The number of nitrogens with one attached hydrogen (secondary N) is 1. The summed E-state index contributed by atoms with van der Waals surface area (Å²) in [5.41, 5.74) is 1.12. The van der Waals surface area contributed by atoms with Gasteiger partial charge in [0, 0.05) is 16.1 Å². The number of hydrogen-bond acceptors (Lipinski definition) is 3. The molecule has 1 saturated heterocycles. The first-order chi connectivity index (χ1) is 12.7. The van der Waals surface area contributed by atoms with Crippen LogP contribution in [0, 0.1) is 11.8 Å². The highest BCUT2D eigenvalue weighted by Gasteiger charge is 2.61. The van der Waals surface area contributed by atoms with Crippen molar-refractivity contribution in [2.75, 3.05) is 0 Å². The molecule has 5 nitrogen and oxygen atoms in total. The fourth-order valence-electron chi connectivity index (χ4n) is 4.05. The van der Waals surface area contributed by atoms with Gasteiger partial charge in [0.1, 0.15) is 22.3 Å². The molecule has 0 unspecified atom stereocenters. The van der Waals surface area contributed by atoms with Crippen LogP contribution < -0.4 is 0 Å². The van der Waals surface area contributed by atoms with Crippen molar-refractivity contribution >= 4 is 33.6 Å². The summed E-state index contributed by atoms with van der Waals surface area (Å²) < 4.78 is 6.66. The minimum absolute atomic E-state index is 0.132. The Labute approximate surface area is 172 Å². The molecule has 144 valence electrons. The standard InChI is InChI=1S/C20H23BrClN3O2/c1-10-13-9-14(25(16(10)13)19(26)27-20(2,3)4)18-23-15(17(22)24-18)11-5-7-12(21)8-6-11/h5-8,10,13-14,16H,9H2,1-4H3,(H,23,24)/t10-,13+,14+,16-/m1/s1. The van der Waals surface area contributed by atoms with E-state index in [4.69, 9.17) is 21.3 Å². The fourth-order valence-corrected chi connectivity index (χ4v) is 4.56. The van der Waals surface area contributed by atoms with Gasteiger partial charge in [-0.2, -0.15) is 0 Å². The SMILES string of the molecule is C[C@@H]1[C@@H]2C[C@@H](c3nc(-c4ccc(Br)cc4)c(Cl)[nH]3)N(C(=O)OC(C)(C)C)[C@H]12. The Kier molecular flexibility index (Phi) is 4.54. The van der Waals surface area contributed by atoms with Gasteiger partial charge in [0.05, 0.1) is 6.04 Å². The van der Waals surface area contributed by atoms with Gasteiger partial charge in [-0.05, 0) is 51.2 Å². The zero-order chi connectivity index (χ0) is 19.5. The molecule has 0 bridgehead atoms. The van der Waals surface area contributed by atoms with Crippen LogP contribution in [0.3, 0.4) is 0 Å². The first kappa shape index (κ1) is 18.8. The van der Waals surface area contributed by atoms with Gasteiger partial charge in [0.25, 0.3) is 0 Å². The number of fused-ring (bicyclic) bond motifs is 1. The van der Waals surface area contributed by atoms with Crippen LogP contribution in [0.5, 0.6) is 0 Å². The molecule has 1 amide bonds. The van der Waals surface area contributed by atoms with Crippen LogP contribution >= 0.6 is 27.5 Å². The predicted octanol–water partition coefficient (Wildman–Crippen LogP) is 5.81. The number of hydrogen-bond donors (Lipinski definition) is 1. The van der Waals surface area contributed by atoms with Crippen molar-refractivity contribution in [3.8, 4) is 11.3 Å². The number of amides is 1. The normalized spacial score (nSPS) is 26.8. The maximum Gasteiger partial charge on any atom is 0.411 e. The van der Waals surface area contributed by atoms with Crippen molar-refractivity contribution in [1.29, 1.82) is 0 Å². The number of aromatic amines is 1. The Balaban J connectivity index is 1.63. The molecule has 2 fully saturated rings. The van der Waals surface area contributed by atoms with E-state index in [1.807, 2.05) is 49.9 Å². The lowest BCUT2D eigenvalue weighted by molar-refractivity contribution is 0.0160. The first-order valence-corrected chi connectivity index (χ1v) is 10.4. The molecule has 27 heavy (non-hydrogen) atoms. The smallest absolute Gasteiger partial charge is 0.411 e. The Morgan fingerprint density at radius 1 is 1.33 bits per heavy atom. The summed E-state index contributed by atoms with van der Waals surface area (Å²) in [6.07, 6.45) is 0.608. The number of H-pyrrole nitrogens is 1.